The number of halogens is 1. The van der Waals surface area contributed by atoms with Gasteiger partial charge in [0.25, 0.3) is 5.91 Å². The average molecular weight is 365 g/mol. The molecule has 2 unspecified atom stereocenters. The number of nitrogens with zero attached hydrogens (tertiary/aromatic N) is 2. The number of aliphatic carboxylic acids is 1. The van der Waals surface area contributed by atoms with Crippen LogP contribution in [0.15, 0.2) is 24.3 Å². The number of carboxylic acid groups (broad SMARTS) is 1. The van der Waals surface area contributed by atoms with E-state index in [0.717, 1.165) is 9.80 Å². The molecule has 4 amide bonds. The zero-order chi connectivity index (χ0) is 19.6. The fraction of sp³-hybridized carbons (Fsp3) is 0.412. The van der Waals surface area contributed by atoms with Crippen LogP contribution in [0.25, 0.3) is 0 Å². The fourth-order valence-corrected chi connectivity index (χ4v) is 2.67. The second kappa shape index (κ2) is 7.11. The van der Waals surface area contributed by atoms with E-state index in [9.17, 15) is 23.6 Å². The summed E-state index contributed by atoms with van der Waals surface area (Å²) in [6.45, 7) is 2.37. The largest absolute Gasteiger partial charge is 0.481 e. The molecule has 0 radical (unpaired) electrons. The van der Waals surface area contributed by atoms with Crippen molar-refractivity contribution in [1.82, 2.24) is 15.1 Å². The summed E-state index contributed by atoms with van der Waals surface area (Å²) < 4.78 is 13.1. The lowest BCUT2D eigenvalue weighted by Crippen LogP contribution is -2.44. The summed E-state index contributed by atoms with van der Waals surface area (Å²) >= 11 is 0. The number of rotatable bonds is 6. The van der Waals surface area contributed by atoms with Gasteiger partial charge in [-0.3, -0.25) is 19.3 Å². The van der Waals surface area contributed by atoms with Gasteiger partial charge in [0.15, 0.2) is 0 Å². The van der Waals surface area contributed by atoms with Gasteiger partial charge in [0.1, 0.15) is 17.9 Å². The molecule has 1 aliphatic heterocycles. The maximum Gasteiger partial charge on any atom is 0.325 e. The summed E-state index contributed by atoms with van der Waals surface area (Å²) in [5.41, 5.74) is -1.02. The van der Waals surface area contributed by atoms with E-state index in [2.05, 4.69) is 5.32 Å². The first-order chi connectivity index (χ1) is 12.1. The van der Waals surface area contributed by atoms with Crippen LogP contribution in [0.3, 0.4) is 0 Å². The van der Waals surface area contributed by atoms with E-state index >= 15 is 0 Å². The van der Waals surface area contributed by atoms with Gasteiger partial charge in [0, 0.05) is 13.6 Å². The Balaban J connectivity index is 2.12. The highest BCUT2D eigenvalue weighted by Gasteiger charge is 2.49. The Hall–Kier alpha value is -2.97. The van der Waals surface area contributed by atoms with Crippen LogP contribution < -0.4 is 5.32 Å². The Bertz CT molecular complexity index is 751. The molecule has 2 N–H and O–H groups in total. The van der Waals surface area contributed by atoms with Crippen LogP contribution in [-0.4, -0.2) is 58.9 Å². The van der Waals surface area contributed by atoms with Gasteiger partial charge in [-0.15, -0.1) is 0 Å². The molecule has 1 heterocycles. The molecule has 2 atom stereocenters. The number of imide groups is 1. The SMILES string of the molecule is CC(CN(C)C(=O)CN1C(=O)NC(C)(c2ccc(F)cc2)C1=O)C(=O)O. The van der Waals surface area contributed by atoms with Crippen molar-refractivity contribution in [3.05, 3.63) is 35.6 Å². The van der Waals surface area contributed by atoms with Crippen molar-refractivity contribution in [2.24, 2.45) is 5.92 Å². The van der Waals surface area contributed by atoms with E-state index in [-0.39, 0.29) is 6.54 Å². The third-order valence-electron chi connectivity index (χ3n) is 4.38. The molecule has 0 aliphatic carbocycles. The Morgan fingerprint density at radius 3 is 2.42 bits per heavy atom. The Morgan fingerprint density at radius 1 is 1.31 bits per heavy atom. The molecule has 0 aromatic heterocycles. The highest BCUT2D eigenvalue weighted by Crippen LogP contribution is 2.28. The van der Waals surface area contributed by atoms with Crippen molar-refractivity contribution in [1.29, 1.82) is 0 Å². The lowest BCUT2D eigenvalue weighted by Gasteiger charge is -2.24. The molecule has 8 nitrogen and oxygen atoms in total. The van der Waals surface area contributed by atoms with Crippen molar-refractivity contribution in [3.63, 3.8) is 0 Å². The number of amides is 4. The van der Waals surface area contributed by atoms with Crippen LogP contribution >= 0.6 is 0 Å². The molecule has 1 saturated heterocycles. The number of likely N-dealkylation sites (N-methyl/N-ethyl adjacent to an activating group) is 1. The van der Waals surface area contributed by atoms with Gasteiger partial charge in [-0.25, -0.2) is 9.18 Å². The van der Waals surface area contributed by atoms with Gasteiger partial charge in [0.05, 0.1) is 5.92 Å². The van der Waals surface area contributed by atoms with Crippen molar-refractivity contribution in [2.75, 3.05) is 20.1 Å². The highest BCUT2D eigenvalue weighted by atomic mass is 19.1. The summed E-state index contributed by atoms with van der Waals surface area (Å²) in [5.74, 6) is -3.51. The lowest BCUT2D eigenvalue weighted by molar-refractivity contribution is -0.144. The molecule has 2 rings (SSSR count). The summed E-state index contributed by atoms with van der Waals surface area (Å²) in [6.07, 6.45) is 0. The van der Waals surface area contributed by atoms with Gasteiger partial charge in [0.2, 0.25) is 5.91 Å². The standard InChI is InChI=1S/C17H20FN3O5/c1-10(14(23)24)8-20(3)13(22)9-21-15(25)17(2,19-16(21)26)11-4-6-12(18)7-5-11/h4-7,10H,8-9H2,1-3H3,(H,19,26)(H,23,24). The van der Waals surface area contributed by atoms with Gasteiger partial charge in [-0.1, -0.05) is 19.1 Å². The summed E-state index contributed by atoms with van der Waals surface area (Å²) in [6, 6.07) is 4.39. The Morgan fingerprint density at radius 2 is 1.88 bits per heavy atom. The molecule has 1 aromatic carbocycles. The minimum absolute atomic E-state index is 0.0486. The topological polar surface area (TPSA) is 107 Å². The van der Waals surface area contributed by atoms with E-state index in [4.69, 9.17) is 5.11 Å². The van der Waals surface area contributed by atoms with E-state index in [0.29, 0.717) is 5.56 Å². The van der Waals surface area contributed by atoms with Crippen LogP contribution in [0.4, 0.5) is 9.18 Å². The number of carbonyl (C=O) groups is 4. The van der Waals surface area contributed by atoms with Gasteiger partial charge in [-0.2, -0.15) is 0 Å². The smallest absolute Gasteiger partial charge is 0.325 e. The summed E-state index contributed by atoms with van der Waals surface area (Å²) in [5, 5.41) is 11.4. The number of urea groups is 1. The highest BCUT2D eigenvalue weighted by molar-refractivity contribution is 6.09. The van der Waals surface area contributed by atoms with Crippen molar-refractivity contribution >= 4 is 23.8 Å². The lowest BCUT2D eigenvalue weighted by atomic mass is 9.92. The number of hydrogen-bond donors (Lipinski definition) is 2. The molecule has 1 fully saturated rings. The number of carboxylic acids is 1. The quantitative estimate of drug-likeness (QED) is 0.724. The summed E-state index contributed by atoms with van der Waals surface area (Å²) in [7, 11) is 1.40. The van der Waals surface area contributed by atoms with E-state index in [1.54, 1.807) is 0 Å². The van der Waals surface area contributed by atoms with Crippen molar-refractivity contribution < 1.29 is 28.7 Å². The van der Waals surface area contributed by atoms with Gasteiger partial charge in [-0.05, 0) is 24.6 Å². The molecule has 1 aromatic rings. The predicted octanol–water partition coefficient (Wildman–Crippen LogP) is 0.772. The van der Waals surface area contributed by atoms with Crippen molar-refractivity contribution in [2.45, 2.75) is 19.4 Å². The van der Waals surface area contributed by atoms with E-state index < -0.39 is 47.6 Å². The zero-order valence-electron chi connectivity index (χ0n) is 14.7. The maximum absolute atomic E-state index is 13.1. The van der Waals surface area contributed by atoms with E-state index in [1.165, 1.54) is 45.2 Å². The number of nitrogens with one attached hydrogen (secondary N) is 1. The Labute approximate surface area is 149 Å². The van der Waals surface area contributed by atoms with Crippen LogP contribution in [0.1, 0.15) is 19.4 Å². The molecular formula is C17H20FN3O5. The van der Waals surface area contributed by atoms with Crippen molar-refractivity contribution in [3.8, 4) is 0 Å². The molecule has 0 saturated carbocycles. The molecule has 0 bridgehead atoms. The molecule has 1 aliphatic rings. The average Bonchev–Trinajstić information content (AvgIpc) is 2.79. The summed E-state index contributed by atoms with van der Waals surface area (Å²) in [4.78, 5) is 49.9. The molecule has 140 valence electrons. The number of benzene rings is 1. The third kappa shape index (κ3) is 3.66. The van der Waals surface area contributed by atoms with E-state index in [1.807, 2.05) is 0 Å². The third-order valence-corrected chi connectivity index (χ3v) is 4.38. The predicted molar refractivity (Wildman–Crippen MR) is 88.4 cm³/mol. The molecular weight excluding hydrogens is 345 g/mol. The zero-order valence-corrected chi connectivity index (χ0v) is 14.7. The minimum atomic E-state index is -1.40. The normalized spacial score (nSPS) is 20.7. The first kappa shape index (κ1) is 19.4. The first-order valence-electron chi connectivity index (χ1n) is 7.93. The van der Waals surface area contributed by atoms with Crippen LogP contribution in [-0.2, 0) is 19.9 Å². The second-order valence-corrected chi connectivity index (χ2v) is 6.47. The van der Waals surface area contributed by atoms with Gasteiger partial charge < -0.3 is 15.3 Å². The Kier molecular flexibility index (Phi) is 5.29. The van der Waals surface area contributed by atoms with Crippen LogP contribution in [0, 0.1) is 11.7 Å². The van der Waals surface area contributed by atoms with Crippen LogP contribution in [0.2, 0.25) is 0 Å². The number of carbonyl (C=O) groups excluding carboxylic acids is 3. The molecule has 0 spiro atoms. The van der Waals surface area contributed by atoms with Gasteiger partial charge >= 0.3 is 12.0 Å². The minimum Gasteiger partial charge on any atom is -0.481 e. The van der Waals surface area contributed by atoms with Crippen LogP contribution in [0.5, 0.6) is 0 Å². The number of hydrogen-bond acceptors (Lipinski definition) is 4. The monoisotopic (exact) mass is 365 g/mol. The molecule has 26 heavy (non-hydrogen) atoms. The second-order valence-electron chi connectivity index (χ2n) is 6.47. The first-order valence-corrected chi connectivity index (χ1v) is 7.93. The fourth-order valence-electron chi connectivity index (χ4n) is 2.67. The molecule has 9 heteroatoms. The maximum atomic E-state index is 13.1.